The standard InChI is InChI=1S/C20H17N5O/c1-11-14(9-23-10-18(11)26)12-6-7-15(21)13(8-12)19(22)20-24-16-4-2-3-5-17(16)25-20/h2-10,22,26H,21H2,1H3,(H,24,25). The number of benzene rings is 2. The Bertz CT molecular complexity index is 1110. The molecular weight excluding hydrogens is 326 g/mol. The lowest BCUT2D eigenvalue weighted by Crippen LogP contribution is -2.07. The summed E-state index contributed by atoms with van der Waals surface area (Å²) in [7, 11) is 0. The van der Waals surface area contributed by atoms with Crippen LogP contribution < -0.4 is 5.73 Å². The van der Waals surface area contributed by atoms with Gasteiger partial charge in [-0.25, -0.2) is 4.98 Å². The highest BCUT2D eigenvalue weighted by Crippen LogP contribution is 2.30. The third-order valence-corrected chi connectivity index (χ3v) is 4.45. The molecule has 0 atom stereocenters. The fraction of sp³-hybridized carbons (Fsp3) is 0.0500. The monoisotopic (exact) mass is 343 g/mol. The van der Waals surface area contributed by atoms with Crippen molar-refractivity contribution in [3.63, 3.8) is 0 Å². The van der Waals surface area contributed by atoms with E-state index in [1.54, 1.807) is 12.3 Å². The van der Waals surface area contributed by atoms with Crippen LogP contribution >= 0.6 is 0 Å². The Labute approximate surface area is 149 Å². The number of nitrogens with zero attached hydrogens (tertiary/aromatic N) is 2. The molecule has 26 heavy (non-hydrogen) atoms. The zero-order chi connectivity index (χ0) is 18.3. The molecule has 6 heteroatoms. The molecule has 6 nitrogen and oxygen atoms in total. The summed E-state index contributed by atoms with van der Waals surface area (Å²) in [6.45, 7) is 1.83. The molecular formula is C20H17N5O. The summed E-state index contributed by atoms with van der Waals surface area (Å²) >= 11 is 0. The Kier molecular flexibility index (Phi) is 3.65. The van der Waals surface area contributed by atoms with Crippen molar-refractivity contribution >= 4 is 22.4 Å². The van der Waals surface area contributed by atoms with Crippen LogP contribution in [-0.2, 0) is 0 Å². The normalized spacial score (nSPS) is 11.0. The van der Waals surface area contributed by atoms with Gasteiger partial charge in [0.15, 0.2) is 5.82 Å². The molecule has 2 heterocycles. The number of aromatic hydroxyl groups is 1. The van der Waals surface area contributed by atoms with E-state index in [2.05, 4.69) is 15.0 Å². The number of para-hydroxylation sites is 2. The smallest absolute Gasteiger partial charge is 0.157 e. The summed E-state index contributed by atoms with van der Waals surface area (Å²) < 4.78 is 0. The van der Waals surface area contributed by atoms with E-state index < -0.39 is 0 Å². The summed E-state index contributed by atoms with van der Waals surface area (Å²) in [6, 6.07) is 13.1. The number of aromatic nitrogens is 3. The van der Waals surface area contributed by atoms with Crippen LogP contribution in [0.5, 0.6) is 5.75 Å². The number of hydrogen-bond donors (Lipinski definition) is 4. The number of imidazole rings is 1. The molecule has 0 fully saturated rings. The Morgan fingerprint density at radius 1 is 1.15 bits per heavy atom. The molecule has 4 aromatic rings. The first-order chi connectivity index (χ1) is 12.5. The van der Waals surface area contributed by atoms with Crippen molar-refractivity contribution in [3.8, 4) is 16.9 Å². The second-order valence-electron chi connectivity index (χ2n) is 6.11. The molecule has 5 N–H and O–H groups in total. The molecule has 0 bridgehead atoms. The highest BCUT2D eigenvalue weighted by Gasteiger charge is 2.15. The van der Waals surface area contributed by atoms with Crippen LogP contribution in [0, 0.1) is 12.3 Å². The van der Waals surface area contributed by atoms with Crippen LogP contribution in [0.2, 0.25) is 0 Å². The summed E-state index contributed by atoms with van der Waals surface area (Å²) in [5.74, 6) is 0.592. The van der Waals surface area contributed by atoms with E-state index >= 15 is 0 Å². The largest absolute Gasteiger partial charge is 0.506 e. The Morgan fingerprint density at radius 2 is 1.96 bits per heavy atom. The molecule has 0 radical (unpaired) electrons. The molecule has 2 aromatic carbocycles. The fourth-order valence-electron chi connectivity index (χ4n) is 2.94. The second kappa shape index (κ2) is 6.00. The van der Waals surface area contributed by atoms with Gasteiger partial charge >= 0.3 is 0 Å². The maximum atomic E-state index is 9.91. The predicted octanol–water partition coefficient (Wildman–Crippen LogP) is 3.64. The first-order valence-electron chi connectivity index (χ1n) is 8.12. The van der Waals surface area contributed by atoms with Crippen LogP contribution in [0.3, 0.4) is 0 Å². The molecule has 2 aromatic heterocycles. The van der Waals surface area contributed by atoms with Crippen LogP contribution in [0.25, 0.3) is 22.2 Å². The number of rotatable bonds is 3. The average molecular weight is 343 g/mol. The summed E-state index contributed by atoms with van der Waals surface area (Å²) in [5.41, 5.74) is 11.4. The first kappa shape index (κ1) is 15.8. The maximum Gasteiger partial charge on any atom is 0.157 e. The van der Waals surface area contributed by atoms with Gasteiger partial charge in [-0.05, 0) is 36.8 Å². The van der Waals surface area contributed by atoms with E-state index in [0.717, 1.165) is 27.7 Å². The van der Waals surface area contributed by atoms with E-state index in [1.807, 2.05) is 43.3 Å². The van der Waals surface area contributed by atoms with Crippen molar-refractivity contribution in [1.29, 1.82) is 5.41 Å². The van der Waals surface area contributed by atoms with Gasteiger partial charge in [0, 0.05) is 28.6 Å². The van der Waals surface area contributed by atoms with E-state index in [4.69, 9.17) is 11.1 Å². The quantitative estimate of drug-likeness (QED) is 0.336. The van der Waals surface area contributed by atoms with Gasteiger partial charge < -0.3 is 15.8 Å². The number of aromatic amines is 1. The Balaban J connectivity index is 1.81. The molecule has 0 saturated heterocycles. The van der Waals surface area contributed by atoms with Crippen molar-refractivity contribution in [2.75, 3.05) is 5.73 Å². The minimum absolute atomic E-state index is 0.133. The van der Waals surface area contributed by atoms with Gasteiger partial charge in [0.05, 0.1) is 17.2 Å². The highest BCUT2D eigenvalue weighted by molar-refractivity contribution is 6.13. The number of nitrogens with one attached hydrogen (secondary N) is 2. The minimum Gasteiger partial charge on any atom is -0.506 e. The predicted molar refractivity (Wildman–Crippen MR) is 103 cm³/mol. The summed E-state index contributed by atoms with van der Waals surface area (Å²) in [4.78, 5) is 11.7. The van der Waals surface area contributed by atoms with Crippen molar-refractivity contribution < 1.29 is 5.11 Å². The molecule has 0 aliphatic carbocycles. The second-order valence-corrected chi connectivity index (χ2v) is 6.11. The molecule has 0 aliphatic rings. The van der Waals surface area contributed by atoms with E-state index in [1.165, 1.54) is 6.20 Å². The topological polar surface area (TPSA) is 112 Å². The number of fused-ring (bicyclic) bond motifs is 1. The Morgan fingerprint density at radius 3 is 2.77 bits per heavy atom. The lowest BCUT2D eigenvalue weighted by Gasteiger charge is -2.11. The van der Waals surface area contributed by atoms with E-state index in [0.29, 0.717) is 17.1 Å². The maximum absolute atomic E-state index is 9.91. The zero-order valence-corrected chi connectivity index (χ0v) is 14.1. The highest BCUT2D eigenvalue weighted by atomic mass is 16.3. The number of pyridine rings is 1. The van der Waals surface area contributed by atoms with Gasteiger partial charge in [0.25, 0.3) is 0 Å². The lowest BCUT2D eigenvalue weighted by atomic mass is 9.97. The molecule has 0 aliphatic heterocycles. The SMILES string of the molecule is Cc1c(O)cncc1-c1ccc(N)c(C(=N)c2nc3ccccc3[nH]2)c1. The molecule has 0 spiro atoms. The van der Waals surface area contributed by atoms with Gasteiger partial charge in [-0.1, -0.05) is 18.2 Å². The van der Waals surface area contributed by atoms with Crippen molar-refractivity contribution in [2.24, 2.45) is 0 Å². The first-order valence-corrected chi connectivity index (χ1v) is 8.12. The number of hydrogen-bond acceptors (Lipinski definition) is 5. The number of nitrogen functional groups attached to an aromatic ring is 1. The van der Waals surface area contributed by atoms with Gasteiger partial charge in [0.2, 0.25) is 0 Å². The van der Waals surface area contributed by atoms with Crippen LogP contribution in [-0.4, -0.2) is 25.8 Å². The van der Waals surface area contributed by atoms with Gasteiger partial charge in [-0.3, -0.25) is 10.4 Å². The van der Waals surface area contributed by atoms with E-state index in [9.17, 15) is 5.11 Å². The molecule has 0 saturated carbocycles. The summed E-state index contributed by atoms with van der Waals surface area (Å²) in [5, 5.41) is 18.5. The third-order valence-electron chi connectivity index (χ3n) is 4.45. The lowest BCUT2D eigenvalue weighted by molar-refractivity contribution is 0.469. The third kappa shape index (κ3) is 2.57. The number of anilines is 1. The van der Waals surface area contributed by atoms with Crippen LogP contribution in [0.1, 0.15) is 17.0 Å². The zero-order valence-electron chi connectivity index (χ0n) is 14.1. The fourth-order valence-corrected chi connectivity index (χ4v) is 2.94. The summed E-state index contributed by atoms with van der Waals surface area (Å²) in [6.07, 6.45) is 3.10. The molecule has 128 valence electrons. The van der Waals surface area contributed by atoms with E-state index in [-0.39, 0.29) is 11.5 Å². The van der Waals surface area contributed by atoms with Crippen LogP contribution in [0.15, 0.2) is 54.9 Å². The van der Waals surface area contributed by atoms with Gasteiger partial charge in [-0.15, -0.1) is 0 Å². The average Bonchev–Trinajstić information content (AvgIpc) is 3.08. The van der Waals surface area contributed by atoms with Crippen molar-refractivity contribution in [3.05, 3.63) is 71.8 Å². The molecule has 0 amide bonds. The van der Waals surface area contributed by atoms with Gasteiger partial charge in [0.1, 0.15) is 11.5 Å². The number of H-pyrrole nitrogens is 1. The number of nitrogens with two attached hydrogens (primary N) is 1. The van der Waals surface area contributed by atoms with Crippen LogP contribution in [0.4, 0.5) is 5.69 Å². The van der Waals surface area contributed by atoms with Gasteiger partial charge in [-0.2, -0.15) is 0 Å². The minimum atomic E-state index is 0.133. The van der Waals surface area contributed by atoms with Crippen molar-refractivity contribution in [2.45, 2.75) is 6.92 Å². The van der Waals surface area contributed by atoms with Crippen molar-refractivity contribution in [1.82, 2.24) is 15.0 Å². The molecule has 4 rings (SSSR count). The molecule has 0 unspecified atom stereocenters. The Hall–Kier alpha value is -3.67.